The Bertz CT molecular complexity index is 1610. The molecule has 4 aromatic rings. The molecule has 2 unspecified atom stereocenters. The molecular formula is C38H52N6O6. The summed E-state index contributed by atoms with van der Waals surface area (Å²) >= 11 is 0. The number of aliphatic hydroxyl groups is 2. The first-order valence-electron chi connectivity index (χ1n) is 16.6. The molecule has 0 aliphatic carbocycles. The van der Waals surface area contributed by atoms with Crippen molar-refractivity contribution < 1.29 is 29.3 Å². The number of H-pyrrole nitrogens is 2. The highest BCUT2D eigenvalue weighted by atomic mass is 16.5. The van der Waals surface area contributed by atoms with Gasteiger partial charge in [0.2, 0.25) is 0 Å². The molecule has 0 aliphatic rings. The van der Waals surface area contributed by atoms with E-state index < -0.39 is 48.3 Å². The predicted molar refractivity (Wildman–Crippen MR) is 193 cm³/mol. The summed E-state index contributed by atoms with van der Waals surface area (Å²) < 4.78 is 10.6. The van der Waals surface area contributed by atoms with Crippen LogP contribution in [0.3, 0.4) is 0 Å². The van der Waals surface area contributed by atoms with Gasteiger partial charge in [0, 0.05) is 14.2 Å². The summed E-state index contributed by atoms with van der Waals surface area (Å²) in [5.74, 6) is 0.369. The number of carbonyl (C=O) groups excluding carboxylic acids is 2. The van der Waals surface area contributed by atoms with E-state index in [-0.39, 0.29) is 10.8 Å². The van der Waals surface area contributed by atoms with Crippen LogP contribution in [0.5, 0.6) is 0 Å². The number of aromatic amines is 2. The summed E-state index contributed by atoms with van der Waals surface area (Å²) in [5.41, 5.74) is 2.09. The minimum absolute atomic E-state index is 0.376. The molecular weight excluding hydrogens is 636 g/mol. The fourth-order valence-corrected chi connectivity index (χ4v) is 5.36. The Morgan fingerprint density at radius 3 is 1.18 bits per heavy atom. The molecule has 0 spiro atoms. The summed E-state index contributed by atoms with van der Waals surface area (Å²) in [4.78, 5) is 41.9. The van der Waals surface area contributed by atoms with Gasteiger partial charge in [0.1, 0.15) is 11.6 Å². The maximum absolute atomic E-state index is 13.0. The molecule has 12 nitrogen and oxygen atoms in total. The number of carbonyl (C=O) groups is 2. The van der Waals surface area contributed by atoms with Gasteiger partial charge in [0.05, 0.1) is 49.1 Å². The van der Waals surface area contributed by atoms with Gasteiger partial charge >= 0.3 is 0 Å². The number of ether oxygens (including phenoxy) is 2. The minimum atomic E-state index is -1.36. The van der Waals surface area contributed by atoms with Gasteiger partial charge in [0.15, 0.2) is 11.2 Å². The van der Waals surface area contributed by atoms with Gasteiger partial charge in [0.25, 0.3) is 11.8 Å². The minimum Gasteiger partial charge on any atom is -0.393 e. The summed E-state index contributed by atoms with van der Waals surface area (Å²) in [7, 11) is 2.79. The van der Waals surface area contributed by atoms with Crippen LogP contribution in [0.4, 0.5) is 0 Å². The number of methoxy groups -OCH3 is 2. The topological polar surface area (TPSA) is 174 Å². The Morgan fingerprint density at radius 2 is 0.920 bits per heavy atom. The van der Waals surface area contributed by atoms with Crippen LogP contribution in [0, 0.1) is 10.8 Å². The third-order valence-electron chi connectivity index (χ3n) is 9.21. The van der Waals surface area contributed by atoms with E-state index in [2.05, 4.69) is 30.6 Å². The van der Waals surface area contributed by atoms with Crippen LogP contribution in [0.15, 0.2) is 60.9 Å². The van der Waals surface area contributed by atoms with Crippen molar-refractivity contribution in [2.75, 3.05) is 27.4 Å². The monoisotopic (exact) mass is 688 g/mol. The maximum Gasteiger partial charge on any atom is 0.254 e. The summed E-state index contributed by atoms with van der Waals surface area (Å²) in [5, 5.41) is 25.5. The predicted octanol–water partition coefficient (Wildman–Crippen LogP) is 5.34. The van der Waals surface area contributed by atoms with Crippen molar-refractivity contribution in [2.45, 2.75) is 78.7 Å². The average molecular weight is 689 g/mol. The van der Waals surface area contributed by atoms with Crippen LogP contribution in [0.1, 0.15) is 79.1 Å². The molecule has 4 atom stereocenters. The van der Waals surface area contributed by atoms with Gasteiger partial charge in [-0.1, -0.05) is 90.1 Å². The molecule has 0 fully saturated rings. The molecule has 0 saturated carbocycles. The molecule has 2 aromatic carbocycles. The summed E-state index contributed by atoms with van der Waals surface area (Å²) in [6.45, 7) is 14.2. The van der Waals surface area contributed by atoms with Gasteiger partial charge in [-0.3, -0.25) is 9.59 Å². The summed E-state index contributed by atoms with van der Waals surface area (Å²) in [6, 6.07) is 15.4. The van der Waals surface area contributed by atoms with E-state index in [1.807, 2.05) is 90.1 Å². The van der Waals surface area contributed by atoms with Gasteiger partial charge in [-0.25, -0.2) is 9.97 Å². The van der Waals surface area contributed by atoms with Crippen molar-refractivity contribution in [3.05, 3.63) is 72.6 Å². The smallest absolute Gasteiger partial charge is 0.254 e. The first-order valence-corrected chi connectivity index (χ1v) is 16.6. The second kappa shape index (κ2) is 14.9. The molecule has 2 heterocycles. The van der Waals surface area contributed by atoms with Crippen LogP contribution >= 0.6 is 0 Å². The third kappa shape index (κ3) is 8.32. The average Bonchev–Trinajstić information content (AvgIpc) is 3.78. The molecule has 50 heavy (non-hydrogen) atoms. The second-order valence-corrected chi connectivity index (χ2v) is 15.3. The normalized spacial score (nSPS) is 15.8. The molecule has 0 radical (unpaired) electrons. The third-order valence-corrected chi connectivity index (χ3v) is 9.21. The van der Waals surface area contributed by atoms with E-state index in [0.29, 0.717) is 11.6 Å². The van der Waals surface area contributed by atoms with Crippen molar-refractivity contribution in [1.82, 2.24) is 30.6 Å². The van der Waals surface area contributed by atoms with Crippen molar-refractivity contribution >= 4 is 11.8 Å². The number of rotatable bonds is 13. The number of aliphatic hydroxyl groups excluding tert-OH is 2. The Labute approximate surface area is 294 Å². The number of imidazole rings is 2. The van der Waals surface area contributed by atoms with E-state index in [4.69, 9.17) is 9.47 Å². The van der Waals surface area contributed by atoms with E-state index in [9.17, 15) is 19.8 Å². The Hall–Kier alpha value is -4.36. The molecule has 2 aromatic heterocycles. The summed E-state index contributed by atoms with van der Waals surface area (Å²) in [6.07, 6.45) is 3.51. The zero-order valence-corrected chi connectivity index (χ0v) is 30.8. The van der Waals surface area contributed by atoms with Crippen molar-refractivity contribution in [3.8, 4) is 33.6 Å². The molecule has 2 amide bonds. The maximum atomic E-state index is 13.0. The lowest BCUT2D eigenvalue weighted by Crippen LogP contribution is -2.51. The highest BCUT2D eigenvalue weighted by molar-refractivity contribution is 5.86. The number of nitrogens with zero attached hydrogens (tertiary/aromatic N) is 2. The van der Waals surface area contributed by atoms with Crippen molar-refractivity contribution in [3.63, 3.8) is 0 Å². The number of benzene rings is 2. The van der Waals surface area contributed by atoms with Crippen LogP contribution in [0.25, 0.3) is 33.6 Å². The van der Waals surface area contributed by atoms with Crippen molar-refractivity contribution in [2.24, 2.45) is 10.8 Å². The lowest BCUT2D eigenvalue weighted by Gasteiger charge is -2.33. The van der Waals surface area contributed by atoms with Gasteiger partial charge < -0.3 is 40.3 Å². The Kier molecular flexibility index (Phi) is 11.4. The lowest BCUT2D eigenvalue weighted by atomic mass is 9.85. The molecule has 6 N–H and O–H groups in total. The molecule has 270 valence electrons. The SMILES string of the molecule is COC(C)(CO)C(=O)NC(c1ncc(-c2ccc(-c3ccc(-c4cnc([C@@H](NC(=O)[C@](C)(CO)OC)C(C)(C)C)[nH]4)cc3)cc2)[nH]1)C(C)(C)C. The first kappa shape index (κ1) is 38.4. The van der Waals surface area contributed by atoms with Crippen LogP contribution in [-0.2, 0) is 19.1 Å². The van der Waals surface area contributed by atoms with Crippen molar-refractivity contribution in [1.29, 1.82) is 0 Å². The van der Waals surface area contributed by atoms with Crippen LogP contribution < -0.4 is 10.6 Å². The van der Waals surface area contributed by atoms with Crippen LogP contribution in [0.2, 0.25) is 0 Å². The molecule has 0 bridgehead atoms. The lowest BCUT2D eigenvalue weighted by molar-refractivity contribution is -0.148. The Balaban J connectivity index is 1.50. The van der Waals surface area contributed by atoms with Gasteiger partial charge in [-0.15, -0.1) is 0 Å². The quantitative estimate of drug-likeness (QED) is 0.109. The fraction of sp³-hybridized carbons (Fsp3) is 0.474. The molecule has 12 heteroatoms. The number of hydrogen-bond acceptors (Lipinski definition) is 8. The zero-order chi connectivity index (χ0) is 37.1. The number of aromatic nitrogens is 4. The first-order chi connectivity index (χ1) is 23.4. The van der Waals surface area contributed by atoms with E-state index in [1.165, 1.54) is 14.2 Å². The number of amides is 2. The van der Waals surface area contributed by atoms with Gasteiger partial charge in [-0.2, -0.15) is 0 Å². The number of hydrogen-bond donors (Lipinski definition) is 6. The van der Waals surface area contributed by atoms with E-state index >= 15 is 0 Å². The highest BCUT2D eigenvalue weighted by Crippen LogP contribution is 2.35. The molecule has 0 aliphatic heterocycles. The molecule has 4 rings (SSSR count). The fourth-order valence-electron chi connectivity index (χ4n) is 5.36. The largest absolute Gasteiger partial charge is 0.393 e. The van der Waals surface area contributed by atoms with E-state index in [1.54, 1.807) is 26.2 Å². The second-order valence-electron chi connectivity index (χ2n) is 15.3. The Morgan fingerprint density at radius 1 is 0.620 bits per heavy atom. The van der Waals surface area contributed by atoms with Crippen LogP contribution in [-0.4, -0.2) is 80.6 Å². The van der Waals surface area contributed by atoms with Gasteiger partial charge in [-0.05, 0) is 46.9 Å². The zero-order valence-electron chi connectivity index (χ0n) is 30.8. The van der Waals surface area contributed by atoms with E-state index in [0.717, 1.165) is 33.6 Å². The standard InChI is InChI=1S/C38H52N6O6/c1-35(2,3)29(43-33(47)37(7,21-45)49-9)31-39-19-27(41-31)25-15-11-23(12-16-25)24-13-17-26(18-14-24)28-20-40-32(42-28)30(36(4,5)6)44-34(48)38(8,22-46)50-10/h11-20,29-30,45-46H,21-22H2,1-10H3,(H,39,41)(H,40,42)(H,43,47)(H,44,48)/t29-,30?,37+,38?/m1/s1. The molecule has 0 saturated heterocycles. The number of nitrogens with one attached hydrogen (secondary N) is 4. The highest BCUT2D eigenvalue weighted by Gasteiger charge is 2.39.